The van der Waals surface area contributed by atoms with Crippen LogP contribution in [0.4, 0.5) is 0 Å². The molecule has 1 heterocycles. The number of rotatable bonds is 1. The largest absolute Gasteiger partial charge is 0.318 e. The molecular formula is C12H11Br2N. The summed E-state index contributed by atoms with van der Waals surface area (Å²) in [5, 5.41) is 0. The van der Waals surface area contributed by atoms with Crippen LogP contribution in [0.3, 0.4) is 0 Å². The lowest BCUT2D eigenvalue weighted by Gasteiger charge is -2.10. The van der Waals surface area contributed by atoms with Crippen molar-refractivity contribution < 1.29 is 0 Å². The molecule has 0 aliphatic rings. The van der Waals surface area contributed by atoms with Gasteiger partial charge in [0.2, 0.25) is 0 Å². The van der Waals surface area contributed by atoms with E-state index in [2.05, 4.69) is 74.5 Å². The van der Waals surface area contributed by atoms with E-state index in [9.17, 15) is 0 Å². The zero-order valence-corrected chi connectivity index (χ0v) is 11.8. The van der Waals surface area contributed by atoms with Crippen LogP contribution in [0, 0.1) is 13.8 Å². The van der Waals surface area contributed by atoms with Crippen molar-refractivity contribution in [2.24, 2.45) is 0 Å². The Balaban J connectivity index is 2.63. The third kappa shape index (κ3) is 2.18. The van der Waals surface area contributed by atoms with Crippen LogP contribution in [0.1, 0.15) is 11.4 Å². The molecule has 0 atom stereocenters. The Morgan fingerprint density at radius 2 is 1.33 bits per heavy atom. The summed E-state index contributed by atoms with van der Waals surface area (Å²) in [5.74, 6) is 0. The van der Waals surface area contributed by atoms with Crippen molar-refractivity contribution >= 4 is 31.9 Å². The molecule has 1 aromatic heterocycles. The van der Waals surface area contributed by atoms with E-state index in [1.165, 1.54) is 17.1 Å². The topological polar surface area (TPSA) is 4.93 Å². The van der Waals surface area contributed by atoms with Crippen LogP contribution in [0.15, 0.2) is 39.3 Å². The molecular weight excluding hydrogens is 318 g/mol. The van der Waals surface area contributed by atoms with Gasteiger partial charge in [0.05, 0.1) is 0 Å². The number of halogens is 2. The molecule has 0 aliphatic carbocycles. The Morgan fingerprint density at radius 1 is 0.867 bits per heavy atom. The maximum Gasteiger partial charge on any atom is 0.0477 e. The Kier molecular flexibility index (Phi) is 3.03. The molecule has 0 spiro atoms. The van der Waals surface area contributed by atoms with Gasteiger partial charge in [-0.3, -0.25) is 0 Å². The van der Waals surface area contributed by atoms with E-state index in [0.29, 0.717) is 0 Å². The van der Waals surface area contributed by atoms with Gasteiger partial charge in [0.1, 0.15) is 0 Å². The van der Waals surface area contributed by atoms with Gasteiger partial charge in [-0.1, -0.05) is 31.9 Å². The van der Waals surface area contributed by atoms with E-state index >= 15 is 0 Å². The Hall–Kier alpha value is -0.540. The molecule has 78 valence electrons. The van der Waals surface area contributed by atoms with Gasteiger partial charge in [0.25, 0.3) is 0 Å². The Morgan fingerprint density at radius 3 is 1.80 bits per heavy atom. The first-order chi connectivity index (χ1) is 7.08. The van der Waals surface area contributed by atoms with E-state index in [4.69, 9.17) is 0 Å². The van der Waals surface area contributed by atoms with Crippen LogP contribution >= 0.6 is 31.9 Å². The van der Waals surface area contributed by atoms with Crippen molar-refractivity contribution in [1.82, 2.24) is 4.57 Å². The van der Waals surface area contributed by atoms with Gasteiger partial charge < -0.3 is 4.57 Å². The molecule has 0 N–H and O–H groups in total. The van der Waals surface area contributed by atoms with Crippen LogP contribution in [-0.2, 0) is 0 Å². The predicted octanol–water partition coefficient (Wildman–Crippen LogP) is 4.62. The average Bonchev–Trinajstić information content (AvgIpc) is 2.44. The summed E-state index contributed by atoms with van der Waals surface area (Å²) >= 11 is 7.01. The maximum absolute atomic E-state index is 3.50. The summed E-state index contributed by atoms with van der Waals surface area (Å²) in [6.07, 6.45) is 0. The molecule has 2 aromatic rings. The normalized spacial score (nSPS) is 10.7. The van der Waals surface area contributed by atoms with Crippen molar-refractivity contribution in [2.75, 3.05) is 0 Å². The van der Waals surface area contributed by atoms with E-state index in [1.807, 2.05) is 6.07 Å². The highest BCUT2D eigenvalue weighted by molar-refractivity contribution is 9.11. The van der Waals surface area contributed by atoms with Gasteiger partial charge in [-0.25, -0.2) is 0 Å². The lowest BCUT2D eigenvalue weighted by molar-refractivity contribution is 0.964. The highest BCUT2D eigenvalue weighted by Crippen LogP contribution is 2.24. The van der Waals surface area contributed by atoms with Gasteiger partial charge in [-0.15, -0.1) is 0 Å². The standard InChI is InChI=1S/C12H11Br2N/c1-8-3-4-9(2)15(8)12-6-10(13)5-11(14)7-12/h3-7H,1-2H3. The summed E-state index contributed by atoms with van der Waals surface area (Å²) in [4.78, 5) is 0. The molecule has 3 heteroatoms. The van der Waals surface area contributed by atoms with Crippen LogP contribution < -0.4 is 0 Å². The van der Waals surface area contributed by atoms with Crippen molar-refractivity contribution in [3.8, 4) is 5.69 Å². The quantitative estimate of drug-likeness (QED) is 0.720. The first kappa shape index (κ1) is 11.0. The second-order valence-electron chi connectivity index (χ2n) is 3.58. The maximum atomic E-state index is 3.50. The molecule has 2 rings (SSSR count). The summed E-state index contributed by atoms with van der Waals surface area (Å²) in [6, 6.07) is 10.5. The number of hydrogen-bond acceptors (Lipinski definition) is 0. The minimum Gasteiger partial charge on any atom is -0.318 e. The first-order valence-electron chi connectivity index (χ1n) is 4.69. The zero-order valence-electron chi connectivity index (χ0n) is 8.59. The van der Waals surface area contributed by atoms with Gasteiger partial charge in [0.15, 0.2) is 0 Å². The molecule has 0 bridgehead atoms. The molecule has 1 aromatic carbocycles. The van der Waals surface area contributed by atoms with E-state index in [0.717, 1.165) is 8.95 Å². The molecule has 0 fully saturated rings. The smallest absolute Gasteiger partial charge is 0.0477 e. The van der Waals surface area contributed by atoms with Gasteiger partial charge in [-0.05, 0) is 44.2 Å². The summed E-state index contributed by atoms with van der Waals surface area (Å²) in [6.45, 7) is 4.23. The number of hydrogen-bond donors (Lipinski definition) is 0. The first-order valence-corrected chi connectivity index (χ1v) is 6.28. The van der Waals surface area contributed by atoms with Crippen LogP contribution in [0.25, 0.3) is 5.69 Å². The van der Waals surface area contributed by atoms with Crippen LogP contribution in [0.5, 0.6) is 0 Å². The number of aryl methyl sites for hydroxylation is 2. The van der Waals surface area contributed by atoms with Crippen molar-refractivity contribution in [3.63, 3.8) is 0 Å². The Labute approximate surface area is 106 Å². The van der Waals surface area contributed by atoms with Gasteiger partial charge in [-0.2, -0.15) is 0 Å². The second kappa shape index (κ2) is 4.14. The lowest BCUT2D eigenvalue weighted by Crippen LogP contribution is -1.98. The molecule has 0 unspecified atom stereocenters. The number of benzene rings is 1. The molecule has 0 amide bonds. The van der Waals surface area contributed by atoms with Crippen molar-refractivity contribution in [3.05, 3.63) is 50.7 Å². The third-order valence-corrected chi connectivity index (χ3v) is 3.29. The van der Waals surface area contributed by atoms with E-state index in [1.54, 1.807) is 0 Å². The summed E-state index contributed by atoms with van der Waals surface area (Å²) in [5.41, 5.74) is 3.67. The van der Waals surface area contributed by atoms with Crippen LogP contribution in [-0.4, -0.2) is 4.57 Å². The highest BCUT2D eigenvalue weighted by atomic mass is 79.9. The molecule has 1 nitrogen and oxygen atoms in total. The minimum atomic E-state index is 1.08. The SMILES string of the molecule is Cc1ccc(C)n1-c1cc(Br)cc(Br)c1. The molecule has 0 radical (unpaired) electrons. The fraction of sp³-hybridized carbons (Fsp3) is 0.167. The molecule has 0 saturated carbocycles. The predicted molar refractivity (Wildman–Crippen MR) is 70.6 cm³/mol. The fourth-order valence-corrected chi connectivity index (χ4v) is 3.01. The van der Waals surface area contributed by atoms with E-state index in [-0.39, 0.29) is 0 Å². The van der Waals surface area contributed by atoms with Crippen molar-refractivity contribution in [1.29, 1.82) is 0 Å². The monoisotopic (exact) mass is 327 g/mol. The van der Waals surface area contributed by atoms with Gasteiger partial charge >= 0.3 is 0 Å². The second-order valence-corrected chi connectivity index (χ2v) is 5.41. The van der Waals surface area contributed by atoms with Crippen LogP contribution in [0.2, 0.25) is 0 Å². The van der Waals surface area contributed by atoms with Crippen molar-refractivity contribution in [2.45, 2.75) is 13.8 Å². The van der Waals surface area contributed by atoms with E-state index < -0.39 is 0 Å². The Bertz CT molecular complexity index is 461. The molecule has 0 aliphatic heterocycles. The molecule has 0 saturated heterocycles. The number of nitrogens with zero attached hydrogens (tertiary/aromatic N) is 1. The number of aromatic nitrogens is 1. The summed E-state index contributed by atoms with van der Waals surface area (Å²) in [7, 11) is 0. The third-order valence-electron chi connectivity index (χ3n) is 2.38. The van der Waals surface area contributed by atoms with Gasteiger partial charge in [0, 0.05) is 26.0 Å². The lowest BCUT2D eigenvalue weighted by atomic mass is 10.3. The minimum absolute atomic E-state index is 1.08. The highest BCUT2D eigenvalue weighted by Gasteiger charge is 2.05. The average molecular weight is 329 g/mol. The fourth-order valence-electron chi connectivity index (χ4n) is 1.74. The summed E-state index contributed by atoms with van der Waals surface area (Å²) < 4.78 is 4.40. The molecule has 15 heavy (non-hydrogen) atoms. The zero-order chi connectivity index (χ0) is 11.0.